The monoisotopic (exact) mass is 488 g/mol. The summed E-state index contributed by atoms with van der Waals surface area (Å²) in [6.45, 7) is 3.31. The molecule has 2 aromatic carbocycles. The molecule has 34 heavy (non-hydrogen) atoms. The van der Waals surface area contributed by atoms with Crippen molar-refractivity contribution >= 4 is 21.8 Å². The van der Waals surface area contributed by atoms with Crippen LogP contribution in [-0.2, 0) is 31.0 Å². The van der Waals surface area contributed by atoms with E-state index in [1.165, 1.54) is 12.1 Å². The van der Waals surface area contributed by atoms with Crippen LogP contribution in [0.25, 0.3) is 0 Å². The average molecular weight is 489 g/mol. The maximum Gasteiger partial charge on any atom is 0.246 e. The van der Waals surface area contributed by atoms with Gasteiger partial charge in [0, 0.05) is 13.1 Å². The first kappa shape index (κ1) is 25.8. The van der Waals surface area contributed by atoms with Crippen molar-refractivity contribution in [3.05, 3.63) is 65.7 Å². The minimum Gasteiger partial charge on any atom is -0.367 e. The van der Waals surface area contributed by atoms with Gasteiger partial charge in [-0.25, -0.2) is 13.1 Å². The highest BCUT2D eigenvalue weighted by Crippen LogP contribution is 2.19. The van der Waals surface area contributed by atoms with E-state index in [1.807, 2.05) is 37.3 Å². The Morgan fingerprint density at radius 3 is 2.35 bits per heavy atom. The molecule has 0 spiro atoms. The highest BCUT2D eigenvalue weighted by Gasteiger charge is 2.40. The molecule has 2 aromatic rings. The predicted molar refractivity (Wildman–Crippen MR) is 128 cm³/mol. The maximum absolute atomic E-state index is 13.0. The molecule has 0 radical (unpaired) electrons. The normalized spacial score (nSPS) is 15.4. The Labute approximate surface area is 200 Å². The molecule has 4 N–H and O–H groups in total. The quantitative estimate of drug-likeness (QED) is 0.348. The van der Waals surface area contributed by atoms with Gasteiger partial charge in [0.25, 0.3) is 0 Å². The highest BCUT2D eigenvalue weighted by molar-refractivity contribution is 7.89. The summed E-state index contributed by atoms with van der Waals surface area (Å²) in [6.07, 6.45) is 0.858. The zero-order valence-corrected chi connectivity index (χ0v) is 20.1. The predicted octanol–water partition coefficient (Wildman–Crippen LogP) is 0.845. The van der Waals surface area contributed by atoms with Crippen LogP contribution in [0.4, 0.5) is 0 Å². The van der Waals surface area contributed by atoms with Crippen LogP contribution >= 0.6 is 0 Å². The molecule has 0 unspecified atom stereocenters. The van der Waals surface area contributed by atoms with Gasteiger partial charge in [-0.1, -0.05) is 48.0 Å². The number of rotatable bonds is 11. The summed E-state index contributed by atoms with van der Waals surface area (Å²) < 4.78 is 32.8. The van der Waals surface area contributed by atoms with Gasteiger partial charge in [0.05, 0.1) is 11.5 Å². The highest BCUT2D eigenvalue weighted by atomic mass is 32.2. The summed E-state index contributed by atoms with van der Waals surface area (Å²) in [5, 5.41) is 8.80. The van der Waals surface area contributed by atoms with Gasteiger partial charge in [-0.05, 0) is 50.6 Å². The number of sulfonamides is 1. The number of nitrogens with one attached hydrogen (secondary N) is 4. The summed E-state index contributed by atoms with van der Waals surface area (Å²) in [5.41, 5.74) is 0.859. The first-order valence-corrected chi connectivity index (χ1v) is 12.8. The van der Waals surface area contributed by atoms with Crippen LogP contribution in [0, 0.1) is 6.92 Å². The molecule has 1 fully saturated rings. The molecule has 3 rings (SSSR count). The van der Waals surface area contributed by atoms with Gasteiger partial charge in [-0.15, -0.1) is 0 Å². The summed E-state index contributed by atoms with van der Waals surface area (Å²) in [7, 11) is -3.66. The van der Waals surface area contributed by atoms with E-state index in [2.05, 4.69) is 20.7 Å². The number of ether oxygens (including phenoxy) is 1. The number of hydrogen-bond acceptors (Lipinski definition) is 6. The van der Waals surface area contributed by atoms with E-state index in [0.29, 0.717) is 32.5 Å². The summed E-state index contributed by atoms with van der Waals surface area (Å²) >= 11 is 0. The Bertz CT molecular complexity index is 1050. The lowest BCUT2D eigenvalue weighted by Gasteiger charge is -2.37. The van der Waals surface area contributed by atoms with E-state index >= 15 is 0 Å². The largest absolute Gasteiger partial charge is 0.367 e. The van der Waals surface area contributed by atoms with Crippen molar-refractivity contribution < 1.29 is 22.7 Å². The molecule has 0 bridgehead atoms. The number of aryl methyl sites for hydroxylation is 1. The lowest BCUT2D eigenvalue weighted by atomic mass is 9.87. The molecular formula is C24H32N4O5S. The topological polar surface area (TPSA) is 126 Å². The Balaban J connectivity index is 1.49. The minimum atomic E-state index is -3.66. The molecule has 10 heteroatoms. The minimum absolute atomic E-state index is 0.0322. The summed E-state index contributed by atoms with van der Waals surface area (Å²) in [6, 6.07) is 16.0. The average Bonchev–Trinajstić information content (AvgIpc) is 2.83. The third-order valence-electron chi connectivity index (χ3n) is 5.65. The zero-order chi connectivity index (χ0) is 24.4. The van der Waals surface area contributed by atoms with Gasteiger partial charge < -0.3 is 20.7 Å². The second-order valence-corrected chi connectivity index (χ2v) is 10.1. The second-order valence-electron chi connectivity index (χ2n) is 8.33. The maximum atomic E-state index is 13.0. The molecule has 1 aliphatic rings. The second kappa shape index (κ2) is 12.1. The molecule has 0 saturated carbocycles. The fraction of sp³-hybridized carbons (Fsp3) is 0.417. The molecular weight excluding hydrogens is 456 g/mol. The van der Waals surface area contributed by atoms with Gasteiger partial charge in [0.2, 0.25) is 21.8 Å². The number of carbonyl (C=O) groups is 2. The molecule has 0 aromatic heterocycles. The van der Waals surface area contributed by atoms with Crippen LogP contribution in [0.1, 0.15) is 24.0 Å². The fourth-order valence-corrected chi connectivity index (χ4v) is 4.76. The Hall–Kier alpha value is -2.79. The number of amides is 2. The van der Waals surface area contributed by atoms with Crippen molar-refractivity contribution in [2.75, 3.05) is 32.8 Å². The summed E-state index contributed by atoms with van der Waals surface area (Å²) in [5.74, 6) is -0.701. The van der Waals surface area contributed by atoms with Crippen molar-refractivity contribution in [2.45, 2.75) is 36.8 Å². The Kier molecular flexibility index (Phi) is 9.17. The van der Waals surface area contributed by atoms with E-state index in [9.17, 15) is 18.0 Å². The van der Waals surface area contributed by atoms with Crippen LogP contribution in [0.3, 0.4) is 0 Å². The van der Waals surface area contributed by atoms with Crippen LogP contribution in [0.5, 0.6) is 0 Å². The van der Waals surface area contributed by atoms with E-state index in [1.54, 1.807) is 12.1 Å². The van der Waals surface area contributed by atoms with E-state index in [0.717, 1.165) is 11.1 Å². The number of benzene rings is 2. The first-order chi connectivity index (χ1) is 16.3. The molecule has 1 saturated heterocycles. The SMILES string of the molecule is Cc1ccc(S(=O)(=O)NCCNC(=O)C2(NC(=O)COCc3ccccc3)CCNCC2)cc1. The van der Waals surface area contributed by atoms with E-state index < -0.39 is 15.6 Å². The van der Waals surface area contributed by atoms with Crippen molar-refractivity contribution in [1.29, 1.82) is 0 Å². The summed E-state index contributed by atoms with van der Waals surface area (Å²) in [4.78, 5) is 25.7. The zero-order valence-electron chi connectivity index (χ0n) is 19.3. The lowest BCUT2D eigenvalue weighted by molar-refractivity contribution is -0.137. The lowest BCUT2D eigenvalue weighted by Crippen LogP contribution is -2.63. The van der Waals surface area contributed by atoms with Crippen molar-refractivity contribution in [1.82, 2.24) is 20.7 Å². The molecule has 0 atom stereocenters. The number of carbonyl (C=O) groups excluding carboxylic acids is 2. The number of hydrogen-bond donors (Lipinski definition) is 4. The van der Waals surface area contributed by atoms with E-state index in [-0.39, 0.29) is 36.4 Å². The van der Waals surface area contributed by atoms with Crippen molar-refractivity contribution in [2.24, 2.45) is 0 Å². The van der Waals surface area contributed by atoms with Crippen LogP contribution < -0.4 is 20.7 Å². The molecule has 1 aliphatic heterocycles. The Morgan fingerprint density at radius 1 is 1.00 bits per heavy atom. The molecule has 2 amide bonds. The van der Waals surface area contributed by atoms with Crippen molar-refractivity contribution in [3.8, 4) is 0 Å². The van der Waals surface area contributed by atoms with Gasteiger partial charge in [0.1, 0.15) is 12.1 Å². The van der Waals surface area contributed by atoms with Gasteiger partial charge in [0.15, 0.2) is 0 Å². The van der Waals surface area contributed by atoms with Crippen LogP contribution in [0.2, 0.25) is 0 Å². The molecule has 184 valence electrons. The van der Waals surface area contributed by atoms with Crippen LogP contribution in [0.15, 0.2) is 59.5 Å². The van der Waals surface area contributed by atoms with Crippen LogP contribution in [-0.4, -0.2) is 58.6 Å². The molecule has 9 nitrogen and oxygen atoms in total. The fourth-order valence-electron chi connectivity index (χ4n) is 3.73. The first-order valence-electron chi connectivity index (χ1n) is 11.3. The van der Waals surface area contributed by atoms with Crippen molar-refractivity contribution in [3.63, 3.8) is 0 Å². The van der Waals surface area contributed by atoms with Gasteiger partial charge >= 0.3 is 0 Å². The molecule has 0 aliphatic carbocycles. The molecule has 1 heterocycles. The Morgan fingerprint density at radius 2 is 1.68 bits per heavy atom. The van der Waals surface area contributed by atoms with Gasteiger partial charge in [-0.3, -0.25) is 9.59 Å². The standard InChI is InChI=1S/C24H32N4O5S/c1-19-7-9-21(10-8-19)34(31,32)27-16-15-26-23(30)24(11-13-25-14-12-24)28-22(29)18-33-17-20-5-3-2-4-6-20/h2-10,25,27H,11-18H2,1H3,(H,26,30)(H,28,29). The van der Waals surface area contributed by atoms with Gasteiger partial charge in [-0.2, -0.15) is 0 Å². The smallest absolute Gasteiger partial charge is 0.246 e. The third-order valence-corrected chi connectivity index (χ3v) is 7.13. The third kappa shape index (κ3) is 7.36. The number of piperidine rings is 1. The van der Waals surface area contributed by atoms with E-state index in [4.69, 9.17) is 4.74 Å².